The largest absolute Gasteiger partial charge is 0.212 e. The third-order valence-electron chi connectivity index (χ3n) is 5.84. The van der Waals surface area contributed by atoms with Gasteiger partial charge in [0.15, 0.2) is 6.20 Å². The van der Waals surface area contributed by atoms with Gasteiger partial charge in [0, 0.05) is 17.2 Å². The maximum Gasteiger partial charge on any atom is 0.212 e. The number of hydrogen-bond donors (Lipinski definition) is 0. The Labute approximate surface area is 157 Å². The number of rotatable bonds is 3. The van der Waals surface area contributed by atoms with Crippen LogP contribution in [0.25, 0.3) is 22.4 Å². The molecule has 0 N–H and O–H groups in total. The Hall–Kier alpha value is -2.41. The fourth-order valence-corrected chi connectivity index (χ4v) is 4.35. The van der Waals surface area contributed by atoms with Gasteiger partial charge >= 0.3 is 0 Å². The molecule has 1 aromatic heterocycles. The molecule has 4 rings (SSSR count). The summed E-state index contributed by atoms with van der Waals surface area (Å²) >= 11 is 0. The van der Waals surface area contributed by atoms with E-state index in [9.17, 15) is 0 Å². The number of hydrogen-bond acceptors (Lipinski definition) is 0. The van der Waals surface area contributed by atoms with Crippen molar-refractivity contribution in [1.29, 1.82) is 0 Å². The Morgan fingerprint density at radius 3 is 2.27 bits per heavy atom. The highest BCUT2D eigenvalue weighted by Gasteiger charge is 2.20. The maximum atomic E-state index is 2.36. The number of aromatic nitrogens is 1. The molecule has 1 heteroatoms. The normalized spacial score (nSPS) is 15.2. The summed E-state index contributed by atoms with van der Waals surface area (Å²) in [5, 5.41) is 0. The van der Waals surface area contributed by atoms with Crippen LogP contribution in [0.4, 0.5) is 0 Å². The molecule has 1 fully saturated rings. The minimum absolute atomic E-state index is 0.755. The lowest BCUT2D eigenvalue weighted by atomic mass is 9.84. The third-order valence-corrected chi connectivity index (χ3v) is 5.84. The average molecular weight is 343 g/mol. The van der Waals surface area contributed by atoms with Crippen molar-refractivity contribution in [3.63, 3.8) is 0 Å². The van der Waals surface area contributed by atoms with E-state index in [2.05, 4.69) is 85.4 Å². The van der Waals surface area contributed by atoms with Crippen molar-refractivity contribution >= 4 is 0 Å². The Bertz CT molecular complexity index is 889. The molecule has 1 heterocycles. The highest BCUT2D eigenvalue weighted by Crippen LogP contribution is 2.33. The van der Waals surface area contributed by atoms with E-state index >= 15 is 0 Å². The van der Waals surface area contributed by atoms with Crippen LogP contribution in [0.15, 0.2) is 66.9 Å². The quantitative estimate of drug-likeness (QED) is 0.499. The first kappa shape index (κ1) is 17.0. The second-order valence-electron chi connectivity index (χ2n) is 7.69. The van der Waals surface area contributed by atoms with E-state index in [-0.39, 0.29) is 0 Å². The highest BCUT2D eigenvalue weighted by atomic mass is 14.9. The van der Waals surface area contributed by atoms with Gasteiger partial charge in [-0.05, 0) is 54.5 Å². The van der Waals surface area contributed by atoms with Crippen LogP contribution >= 0.6 is 0 Å². The van der Waals surface area contributed by atoms with E-state index in [1.807, 2.05) is 0 Å². The van der Waals surface area contributed by atoms with Crippen LogP contribution in [0.5, 0.6) is 0 Å². The van der Waals surface area contributed by atoms with Crippen LogP contribution < -0.4 is 4.57 Å². The van der Waals surface area contributed by atoms with Gasteiger partial charge in [0.2, 0.25) is 5.69 Å². The van der Waals surface area contributed by atoms with Gasteiger partial charge in [0.1, 0.15) is 7.05 Å². The van der Waals surface area contributed by atoms with Crippen molar-refractivity contribution in [2.75, 3.05) is 0 Å². The predicted molar refractivity (Wildman–Crippen MR) is 109 cm³/mol. The van der Waals surface area contributed by atoms with Crippen LogP contribution in [0.3, 0.4) is 0 Å². The number of nitrogens with zero attached hydrogens (tertiary/aromatic N) is 1. The molecule has 1 nitrogen and oxygen atoms in total. The molecule has 3 aromatic rings. The van der Waals surface area contributed by atoms with Gasteiger partial charge in [-0.1, -0.05) is 61.7 Å². The van der Waals surface area contributed by atoms with E-state index in [0.717, 1.165) is 5.92 Å². The van der Waals surface area contributed by atoms with Crippen molar-refractivity contribution in [2.45, 2.75) is 44.9 Å². The zero-order valence-electron chi connectivity index (χ0n) is 15.9. The zero-order valence-corrected chi connectivity index (χ0v) is 15.9. The van der Waals surface area contributed by atoms with Gasteiger partial charge in [0.05, 0.1) is 0 Å². The number of pyridine rings is 1. The highest BCUT2D eigenvalue weighted by molar-refractivity contribution is 5.70. The average Bonchev–Trinajstić information content (AvgIpc) is 2.69. The summed E-state index contributed by atoms with van der Waals surface area (Å²) in [6.45, 7) is 2.22. The number of aryl methyl sites for hydroxylation is 2. The van der Waals surface area contributed by atoms with Gasteiger partial charge in [-0.15, -0.1) is 0 Å². The second kappa shape index (κ2) is 7.45. The maximum absolute atomic E-state index is 2.36. The van der Waals surface area contributed by atoms with E-state index in [1.165, 1.54) is 65.6 Å². The molecule has 132 valence electrons. The van der Waals surface area contributed by atoms with Crippen molar-refractivity contribution in [3.8, 4) is 22.4 Å². The summed E-state index contributed by atoms with van der Waals surface area (Å²) in [4.78, 5) is 0. The van der Waals surface area contributed by atoms with Crippen molar-refractivity contribution < 1.29 is 4.57 Å². The SMILES string of the molecule is Cc1cc(-c2ccccc2)ccc1-c1ccc(C2CCCCC2)c[n+]1C. The Kier molecular flexibility index (Phi) is 4.88. The minimum atomic E-state index is 0.755. The molecule has 1 saturated carbocycles. The molecule has 0 spiro atoms. The Balaban J connectivity index is 1.65. The fourth-order valence-electron chi connectivity index (χ4n) is 4.35. The predicted octanol–water partition coefficient (Wildman–Crippen LogP) is 6.20. The lowest BCUT2D eigenvalue weighted by molar-refractivity contribution is -0.660. The van der Waals surface area contributed by atoms with Gasteiger partial charge in [0.25, 0.3) is 0 Å². The van der Waals surface area contributed by atoms with Crippen LogP contribution in [0.1, 0.15) is 49.1 Å². The second-order valence-corrected chi connectivity index (χ2v) is 7.69. The molecule has 0 amide bonds. The summed E-state index contributed by atoms with van der Waals surface area (Å²) in [5.74, 6) is 0.755. The van der Waals surface area contributed by atoms with Crippen LogP contribution in [-0.2, 0) is 7.05 Å². The summed E-state index contributed by atoms with van der Waals surface area (Å²) < 4.78 is 2.31. The Morgan fingerprint density at radius 1 is 0.808 bits per heavy atom. The van der Waals surface area contributed by atoms with Gasteiger partial charge < -0.3 is 0 Å². The first-order valence-electron chi connectivity index (χ1n) is 9.88. The van der Waals surface area contributed by atoms with Crippen LogP contribution in [0, 0.1) is 6.92 Å². The molecular formula is C25H28N+. The molecule has 0 saturated heterocycles. The van der Waals surface area contributed by atoms with Crippen molar-refractivity contribution in [1.82, 2.24) is 0 Å². The van der Waals surface area contributed by atoms with Gasteiger partial charge in [-0.3, -0.25) is 0 Å². The summed E-state index contributed by atoms with van der Waals surface area (Å²) in [7, 11) is 2.19. The van der Waals surface area contributed by atoms with Crippen molar-refractivity contribution in [2.24, 2.45) is 7.05 Å². The molecule has 1 aliphatic rings. The van der Waals surface area contributed by atoms with Crippen molar-refractivity contribution in [3.05, 3.63) is 78.0 Å². The summed E-state index contributed by atoms with van der Waals surface area (Å²) in [5.41, 5.74) is 8.01. The molecular weight excluding hydrogens is 314 g/mol. The molecule has 0 radical (unpaired) electrons. The fraction of sp³-hybridized carbons (Fsp3) is 0.320. The molecule has 0 unspecified atom stereocenters. The van der Waals surface area contributed by atoms with Crippen LogP contribution in [0.2, 0.25) is 0 Å². The first-order valence-corrected chi connectivity index (χ1v) is 9.88. The first-order chi connectivity index (χ1) is 12.7. The minimum Gasteiger partial charge on any atom is -0.201 e. The standard InChI is InChI=1S/C25H28N/c1-19-17-22(20-9-5-3-6-10-20)13-15-24(19)25-16-14-23(18-26(25)2)21-11-7-4-8-12-21/h3,5-6,9-10,13-18,21H,4,7-8,11-12H2,1-2H3/q+1. The monoisotopic (exact) mass is 342 g/mol. The Morgan fingerprint density at radius 2 is 1.58 bits per heavy atom. The number of benzene rings is 2. The topological polar surface area (TPSA) is 3.88 Å². The molecule has 2 aromatic carbocycles. The zero-order chi connectivity index (χ0) is 17.9. The lowest BCUT2D eigenvalue weighted by Crippen LogP contribution is -2.32. The molecule has 1 aliphatic carbocycles. The van der Waals surface area contributed by atoms with E-state index in [0.29, 0.717) is 0 Å². The molecule has 0 aliphatic heterocycles. The molecule has 26 heavy (non-hydrogen) atoms. The van der Waals surface area contributed by atoms with E-state index in [1.54, 1.807) is 0 Å². The molecule has 0 atom stereocenters. The summed E-state index contributed by atoms with van der Waals surface area (Å²) in [6, 6.07) is 22.1. The van der Waals surface area contributed by atoms with Gasteiger partial charge in [-0.2, -0.15) is 0 Å². The third kappa shape index (κ3) is 3.44. The van der Waals surface area contributed by atoms with E-state index in [4.69, 9.17) is 0 Å². The lowest BCUT2D eigenvalue weighted by Gasteiger charge is -2.21. The van der Waals surface area contributed by atoms with Crippen LogP contribution in [-0.4, -0.2) is 0 Å². The van der Waals surface area contributed by atoms with Gasteiger partial charge in [-0.25, -0.2) is 4.57 Å². The molecule has 0 bridgehead atoms. The summed E-state index contributed by atoms with van der Waals surface area (Å²) in [6.07, 6.45) is 9.24. The van der Waals surface area contributed by atoms with E-state index < -0.39 is 0 Å². The smallest absolute Gasteiger partial charge is 0.201 e.